The highest BCUT2D eigenvalue weighted by Gasteiger charge is 2.29. The molecule has 2 aromatic rings. The molecule has 2 aliphatic carbocycles. The molecule has 0 spiro atoms. The van der Waals surface area contributed by atoms with Crippen LogP contribution in [0.2, 0.25) is 0 Å². The van der Waals surface area contributed by atoms with Crippen molar-refractivity contribution < 1.29 is 23.0 Å². The molecule has 0 saturated heterocycles. The van der Waals surface area contributed by atoms with Gasteiger partial charge in [0.15, 0.2) is 11.6 Å². The fraction of sp³-hybridized carbons (Fsp3) is 0.517. The summed E-state index contributed by atoms with van der Waals surface area (Å²) >= 11 is 0. The minimum absolute atomic E-state index is 0.0144. The maximum absolute atomic E-state index is 15.1. The normalized spacial score (nSPS) is 25.6. The lowest BCUT2D eigenvalue weighted by atomic mass is 9.76. The van der Waals surface area contributed by atoms with Crippen LogP contribution in [0.4, 0.5) is 13.2 Å². The van der Waals surface area contributed by atoms with E-state index in [0.717, 1.165) is 51.4 Å². The molecule has 4 rings (SSSR count). The molecule has 2 nitrogen and oxygen atoms in total. The van der Waals surface area contributed by atoms with Crippen molar-refractivity contribution in [1.82, 2.24) is 0 Å². The van der Waals surface area contributed by atoms with Crippen molar-refractivity contribution in [1.29, 1.82) is 0 Å². The topological polar surface area (TPSA) is 29.5 Å². The smallest absolute Gasteiger partial charge is 0.162 e. The molecule has 34 heavy (non-hydrogen) atoms. The van der Waals surface area contributed by atoms with Gasteiger partial charge in [0.25, 0.3) is 0 Å². The van der Waals surface area contributed by atoms with E-state index in [2.05, 4.69) is 0 Å². The van der Waals surface area contributed by atoms with Gasteiger partial charge >= 0.3 is 0 Å². The maximum atomic E-state index is 15.1. The van der Waals surface area contributed by atoms with Gasteiger partial charge < -0.3 is 9.84 Å². The molecule has 0 heterocycles. The van der Waals surface area contributed by atoms with Gasteiger partial charge in [0.2, 0.25) is 0 Å². The Balaban J connectivity index is 1.36. The van der Waals surface area contributed by atoms with Crippen molar-refractivity contribution in [2.75, 3.05) is 13.2 Å². The van der Waals surface area contributed by atoms with Crippen LogP contribution in [0.25, 0.3) is 6.08 Å². The molecule has 2 fully saturated rings. The Hall–Kier alpha value is -2.27. The molecule has 0 aromatic heterocycles. The Morgan fingerprint density at radius 2 is 1.44 bits per heavy atom. The second-order valence-electron chi connectivity index (χ2n) is 9.86. The number of aliphatic hydroxyl groups is 1. The molecule has 2 aromatic carbocycles. The van der Waals surface area contributed by atoms with Crippen molar-refractivity contribution in [3.05, 3.63) is 70.5 Å². The van der Waals surface area contributed by atoms with E-state index in [-0.39, 0.29) is 24.3 Å². The van der Waals surface area contributed by atoms with Crippen LogP contribution in [0.5, 0.6) is 5.75 Å². The van der Waals surface area contributed by atoms with Crippen molar-refractivity contribution in [2.24, 2.45) is 11.8 Å². The number of rotatable bonds is 7. The van der Waals surface area contributed by atoms with Crippen LogP contribution in [0.1, 0.15) is 86.8 Å². The van der Waals surface area contributed by atoms with Crippen molar-refractivity contribution >= 4 is 6.08 Å². The van der Waals surface area contributed by atoms with Gasteiger partial charge in [0.05, 0.1) is 6.61 Å². The molecular weight excluding hydrogens is 437 g/mol. The van der Waals surface area contributed by atoms with Gasteiger partial charge in [-0.1, -0.05) is 24.3 Å². The second kappa shape index (κ2) is 11.4. The third kappa shape index (κ3) is 5.68. The number of hydrogen-bond donors (Lipinski definition) is 1. The Morgan fingerprint density at radius 1 is 0.853 bits per heavy atom. The van der Waals surface area contributed by atoms with Crippen LogP contribution in [-0.2, 0) is 0 Å². The number of hydrogen-bond acceptors (Lipinski definition) is 2. The van der Waals surface area contributed by atoms with Gasteiger partial charge in [-0.05, 0) is 105 Å². The summed E-state index contributed by atoms with van der Waals surface area (Å²) in [7, 11) is 0. The molecule has 0 aliphatic heterocycles. The minimum atomic E-state index is -0.683. The first kappa shape index (κ1) is 24.8. The molecular formula is C29H35F3O2. The third-order valence-electron chi connectivity index (χ3n) is 7.73. The SMILES string of the molecule is CCOc1ccc(C=CC2CCC(c3ccc(C4CCC(CO)CC4)c(F)c3F)CC2)c(F)c1. The quantitative estimate of drug-likeness (QED) is 0.446. The van der Waals surface area contributed by atoms with Gasteiger partial charge in [-0.3, -0.25) is 0 Å². The Labute approximate surface area is 200 Å². The minimum Gasteiger partial charge on any atom is -0.494 e. The number of allylic oxidation sites excluding steroid dienone is 1. The summed E-state index contributed by atoms with van der Waals surface area (Å²) in [5, 5.41) is 9.32. The third-order valence-corrected chi connectivity index (χ3v) is 7.73. The molecule has 0 amide bonds. The fourth-order valence-electron chi connectivity index (χ4n) is 5.63. The zero-order valence-electron chi connectivity index (χ0n) is 19.9. The molecule has 1 N–H and O–H groups in total. The predicted octanol–water partition coefficient (Wildman–Crippen LogP) is 7.76. The van der Waals surface area contributed by atoms with E-state index < -0.39 is 11.6 Å². The summed E-state index contributed by atoms with van der Waals surface area (Å²) in [6.07, 6.45) is 10.5. The lowest BCUT2D eigenvalue weighted by molar-refractivity contribution is 0.181. The van der Waals surface area contributed by atoms with Crippen LogP contribution >= 0.6 is 0 Å². The zero-order chi connectivity index (χ0) is 24.1. The zero-order valence-corrected chi connectivity index (χ0v) is 19.9. The van der Waals surface area contributed by atoms with Gasteiger partial charge in [-0.15, -0.1) is 0 Å². The Kier molecular flexibility index (Phi) is 8.36. The average molecular weight is 473 g/mol. The summed E-state index contributed by atoms with van der Waals surface area (Å²) in [5.41, 5.74) is 1.51. The van der Waals surface area contributed by atoms with Crippen LogP contribution in [0.15, 0.2) is 36.4 Å². The molecule has 0 unspecified atom stereocenters. The average Bonchev–Trinajstić information content (AvgIpc) is 2.86. The van der Waals surface area contributed by atoms with E-state index in [1.807, 2.05) is 19.1 Å². The molecule has 184 valence electrons. The van der Waals surface area contributed by atoms with Crippen molar-refractivity contribution in [3.8, 4) is 5.75 Å². The number of aliphatic hydroxyl groups excluding tert-OH is 1. The van der Waals surface area contributed by atoms with Gasteiger partial charge in [-0.2, -0.15) is 0 Å². The molecule has 2 aliphatic rings. The van der Waals surface area contributed by atoms with Crippen molar-refractivity contribution in [2.45, 2.75) is 70.1 Å². The second-order valence-corrected chi connectivity index (χ2v) is 9.86. The summed E-state index contributed by atoms with van der Waals surface area (Å²) in [6, 6.07) is 8.47. The first-order valence-electron chi connectivity index (χ1n) is 12.7. The highest BCUT2D eigenvalue weighted by Crippen LogP contribution is 2.41. The van der Waals surface area contributed by atoms with E-state index in [4.69, 9.17) is 4.74 Å². The summed E-state index contributed by atoms with van der Waals surface area (Å²) in [5.74, 6) is -0.505. The van der Waals surface area contributed by atoms with Gasteiger partial charge in [0, 0.05) is 18.2 Å². The molecule has 0 radical (unpaired) electrons. The lowest BCUT2D eigenvalue weighted by Crippen LogP contribution is -2.18. The standard InChI is InChI=1S/C29H35F3O2/c1-2-34-24-14-13-23(27(30)17-24)12-5-19-3-8-21(9-4-19)25-15-16-26(29(32)28(25)31)22-10-6-20(18-33)7-11-22/h5,12-17,19-22,33H,2-4,6-11,18H2,1H3. The molecule has 2 saturated carbocycles. The maximum Gasteiger partial charge on any atom is 0.162 e. The molecule has 5 heteroatoms. The van der Waals surface area contributed by atoms with E-state index in [1.165, 1.54) is 6.07 Å². The fourth-order valence-corrected chi connectivity index (χ4v) is 5.63. The molecule has 0 atom stereocenters. The molecule has 0 bridgehead atoms. The van der Waals surface area contributed by atoms with Crippen LogP contribution in [0.3, 0.4) is 0 Å². The van der Waals surface area contributed by atoms with E-state index in [1.54, 1.807) is 24.3 Å². The van der Waals surface area contributed by atoms with E-state index in [9.17, 15) is 9.50 Å². The van der Waals surface area contributed by atoms with Gasteiger partial charge in [-0.25, -0.2) is 13.2 Å². The summed E-state index contributed by atoms with van der Waals surface area (Å²) in [4.78, 5) is 0. The number of ether oxygens (including phenoxy) is 1. The van der Waals surface area contributed by atoms with Gasteiger partial charge in [0.1, 0.15) is 11.6 Å². The summed E-state index contributed by atoms with van der Waals surface area (Å²) in [6.45, 7) is 2.54. The monoisotopic (exact) mass is 472 g/mol. The highest BCUT2D eigenvalue weighted by molar-refractivity contribution is 5.52. The largest absolute Gasteiger partial charge is 0.494 e. The number of halogens is 3. The van der Waals surface area contributed by atoms with E-state index in [0.29, 0.717) is 40.9 Å². The Morgan fingerprint density at radius 3 is 1.97 bits per heavy atom. The van der Waals surface area contributed by atoms with Crippen LogP contribution < -0.4 is 4.74 Å². The van der Waals surface area contributed by atoms with Crippen LogP contribution in [-0.4, -0.2) is 18.3 Å². The Bertz CT molecular complexity index is 987. The first-order valence-corrected chi connectivity index (χ1v) is 12.7. The highest BCUT2D eigenvalue weighted by atomic mass is 19.2. The van der Waals surface area contributed by atoms with Crippen molar-refractivity contribution in [3.63, 3.8) is 0 Å². The lowest BCUT2D eigenvalue weighted by Gasteiger charge is -2.30. The van der Waals surface area contributed by atoms with E-state index >= 15 is 8.78 Å². The number of benzene rings is 2. The first-order chi connectivity index (χ1) is 16.5. The van der Waals surface area contributed by atoms with Crippen LogP contribution in [0, 0.1) is 29.3 Å². The summed E-state index contributed by atoms with van der Waals surface area (Å²) < 4.78 is 49.7. The predicted molar refractivity (Wildman–Crippen MR) is 129 cm³/mol.